The summed E-state index contributed by atoms with van der Waals surface area (Å²) in [6.07, 6.45) is -0.719. The van der Waals surface area contributed by atoms with E-state index in [-0.39, 0.29) is 12.3 Å². The van der Waals surface area contributed by atoms with Gasteiger partial charge in [0.1, 0.15) is 0 Å². The molecule has 1 N–H and O–H groups in total. The minimum Gasteiger partial charge on any atom is -0.452 e. The first-order chi connectivity index (χ1) is 13.5. The standard InChI is InChI=1S/C22H26N2O4/c1-16-3-5-18(6-4-16)15-21(25)28-17(2)22(26)23-19-7-9-20(10-8-19)24-11-13-27-14-12-24/h3-10,17H,11-15H2,1-2H3,(H,23,26)/t17-/m0/s1. The zero-order chi connectivity index (χ0) is 19.9. The van der Waals surface area contributed by atoms with Crippen molar-refractivity contribution in [2.45, 2.75) is 26.4 Å². The predicted octanol–water partition coefficient (Wildman–Crippen LogP) is 2.94. The van der Waals surface area contributed by atoms with Crippen molar-refractivity contribution in [3.63, 3.8) is 0 Å². The van der Waals surface area contributed by atoms with E-state index >= 15 is 0 Å². The van der Waals surface area contributed by atoms with E-state index in [0.717, 1.165) is 43.1 Å². The lowest BCUT2D eigenvalue weighted by molar-refractivity contribution is -0.152. The summed E-state index contributed by atoms with van der Waals surface area (Å²) in [5.41, 5.74) is 3.76. The first-order valence-corrected chi connectivity index (χ1v) is 9.50. The van der Waals surface area contributed by atoms with Crippen molar-refractivity contribution in [2.75, 3.05) is 36.5 Å². The van der Waals surface area contributed by atoms with E-state index in [1.807, 2.05) is 55.5 Å². The van der Waals surface area contributed by atoms with E-state index in [4.69, 9.17) is 9.47 Å². The van der Waals surface area contributed by atoms with Crippen LogP contribution in [0.15, 0.2) is 48.5 Å². The fraction of sp³-hybridized carbons (Fsp3) is 0.364. The summed E-state index contributed by atoms with van der Waals surface area (Å²) in [6.45, 7) is 6.74. The average molecular weight is 382 g/mol. The van der Waals surface area contributed by atoms with Crippen LogP contribution in [0.2, 0.25) is 0 Å². The zero-order valence-electron chi connectivity index (χ0n) is 16.3. The van der Waals surface area contributed by atoms with Crippen LogP contribution in [-0.4, -0.2) is 44.3 Å². The highest BCUT2D eigenvalue weighted by Crippen LogP contribution is 2.19. The van der Waals surface area contributed by atoms with Crippen LogP contribution in [0.5, 0.6) is 0 Å². The highest BCUT2D eigenvalue weighted by molar-refractivity contribution is 5.95. The van der Waals surface area contributed by atoms with Crippen molar-refractivity contribution in [2.24, 2.45) is 0 Å². The van der Waals surface area contributed by atoms with Crippen molar-refractivity contribution >= 4 is 23.3 Å². The third kappa shape index (κ3) is 5.57. The van der Waals surface area contributed by atoms with Crippen LogP contribution in [-0.2, 0) is 25.5 Å². The van der Waals surface area contributed by atoms with Crippen molar-refractivity contribution in [3.8, 4) is 0 Å². The van der Waals surface area contributed by atoms with Crippen molar-refractivity contribution in [1.82, 2.24) is 0 Å². The van der Waals surface area contributed by atoms with E-state index < -0.39 is 12.1 Å². The second kappa shape index (κ2) is 9.37. The third-order valence-electron chi connectivity index (χ3n) is 4.66. The zero-order valence-corrected chi connectivity index (χ0v) is 16.3. The van der Waals surface area contributed by atoms with Gasteiger partial charge in [0.25, 0.3) is 5.91 Å². The van der Waals surface area contributed by atoms with Gasteiger partial charge in [-0.25, -0.2) is 0 Å². The number of nitrogens with one attached hydrogen (secondary N) is 1. The second-order valence-electron chi connectivity index (χ2n) is 6.93. The summed E-state index contributed by atoms with van der Waals surface area (Å²) >= 11 is 0. The highest BCUT2D eigenvalue weighted by Gasteiger charge is 2.18. The Labute approximate surface area is 165 Å². The third-order valence-corrected chi connectivity index (χ3v) is 4.66. The van der Waals surface area contributed by atoms with Gasteiger partial charge in [0.15, 0.2) is 6.10 Å². The molecule has 0 unspecified atom stereocenters. The molecule has 1 amide bonds. The lowest BCUT2D eigenvalue weighted by Crippen LogP contribution is -2.36. The predicted molar refractivity (Wildman–Crippen MR) is 109 cm³/mol. The van der Waals surface area contributed by atoms with Crippen LogP contribution in [0.25, 0.3) is 0 Å². The molecule has 0 aromatic heterocycles. The molecular weight excluding hydrogens is 356 g/mol. The number of carbonyl (C=O) groups excluding carboxylic acids is 2. The Morgan fingerprint density at radius 1 is 1.07 bits per heavy atom. The van der Waals surface area contributed by atoms with Crippen molar-refractivity contribution in [3.05, 3.63) is 59.7 Å². The summed E-state index contributed by atoms with van der Waals surface area (Å²) in [7, 11) is 0. The van der Waals surface area contributed by atoms with Gasteiger partial charge in [-0.15, -0.1) is 0 Å². The van der Waals surface area contributed by atoms with Gasteiger partial charge in [-0.2, -0.15) is 0 Å². The number of hydrogen-bond donors (Lipinski definition) is 1. The van der Waals surface area contributed by atoms with Crippen LogP contribution in [0.3, 0.4) is 0 Å². The molecule has 1 atom stereocenters. The lowest BCUT2D eigenvalue weighted by atomic mass is 10.1. The van der Waals surface area contributed by atoms with Crippen LogP contribution < -0.4 is 10.2 Å². The molecule has 0 spiro atoms. The van der Waals surface area contributed by atoms with E-state index in [1.165, 1.54) is 0 Å². The van der Waals surface area contributed by atoms with Crippen molar-refractivity contribution < 1.29 is 19.1 Å². The minimum atomic E-state index is -0.864. The number of carbonyl (C=O) groups is 2. The van der Waals surface area contributed by atoms with Gasteiger partial charge < -0.3 is 19.7 Å². The van der Waals surface area contributed by atoms with Gasteiger partial charge in [0, 0.05) is 24.5 Å². The second-order valence-corrected chi connectivity index (χ2v) is 6.93. The Bertz CT molecular complexity index is 796. The smallest absolute Gasteiger partial charge is 0.311 e. The molecule has 1 heterocycles. The van der Waals surface area contributed by atoms with E-state index in [9.17, 15) is 9.59 Å². The number of esters is 1. The molecule has 6 nitrogen and oxygen atoms in total. The molecule has 1 fully saturated rings. The molecule has 0 radical (unpaired) electrons. The molecule has 1 aliphatic heterocycles. The van der Waals surface area contributed by atoms with Gasteiger partial charge in [-0.3, -0.25) is 9.59 Å². The van der Waals surface area contributed by atoms with Gasteiger partial charge in [-0.1, -0.05) is 29.8 Å². The molecule has 2 aromatic rings. The number of rotatable bonds is 6. The molecule has 0 aliphatic carbocycles. The average Bonchev–Trinajstić information content (AvgIpc) is 2.71. The highest BCUT2D eigenvalue weighted by atomic mass is 16.5. The van der Waals surface area contributed by atoms with E-state index in [0.29, 0.717) is 5.69 Å². The molecular formula is C22H26N2O4. The SMILES string of the molecule is Cc1ccc(CC(=O)O[C@@H](C)C(=O)Nc2ccc(N3CCOCC3)cc2)cc1. The molecule has 2 aromatic carbocycles. The number of morpholine rings is 1. The first kappa shape index (κ1) is 19.9. The van der Waals surface area contributed by atoms with Gasteiger partial charge in [0.05, 0.1) is 19.6 Å². The Balaban J connectivity index is 1.49. The van der Waals surface area contributed by atoms with Crippen LogP contribution >= 0.6 is 0 Å². The molecule has 3 rings (SSSR count). The number of aryl methyl sites for hydroxylation is 1. The Morgan fingerprint density at radius 3 is 2.36 bits per heavy atom. The van der Waals surface area contributed by atoms with Crippen LogP contribution in [0.4, 0.5) is 11.4 Å². The number of nitrogens with zero attached hydrogens (tertiary/aromatic N) is 1. The Hall–Kier alpha value is -2.86. The first-order valence-electron chi connectivity index (χ1n) is 9.50. The fourth-order valence-corrected chi connectivity index (χ4v) is 2.99. The van der Waals surface area contributed by atoms with Crippen molar-refractivity contribution in [1.29, 1.82) is 0 Å². The maximum Gasteiger partial charge on any atom is 0.311 e. The maximum atomic E-state index is 12.3. The lowest BCUT2D eigenvalue weighted by Gasteiger charge is -2.28. The van der Waals surface area contributed by atoms with E-state index in [1.54, 1.807) is 6.92 Å². The van der Waals surface area contributed by atoms with Gasteiger partial charge in [0.2, 0.25) is 0 Å². The van der Waals surface area contributed by atoms with Crippen LogP contribution in [0.1, 0.15) is 18.1 Å². The molecule has 0 bridgehead atoms. The maximum absolute atomic E-state index is 12.3. The summed E-state index contributed by atoms with van der Waals surface area (Å²) in [4.78, 5) is 26.6. The molecule has 1 saturated heterocycles. The van der Waals surface area contributed by atoms with Gasteiger partial charge in [-0.05, 0) is 43.7 Å². The summed E-state index contributed by atoms with van der Waals surface area (Å²) in [5.74, 6) is -0.773. The Morgan fingerprint density at radius 2 is 1.71 bits per heavy atom. The summed E-state index contributed by atoms with van der Waals surface area (Å²) in [5, 5.41) is 2.79. The number of ether oxygens (including phenoxy) is 2. The summed E-state index contributed by atoms with van der Waals surface area (Å²) < 4.78 is 10.6. The minimum absolute atomic E-state index is 0.145. The summed E-state index contributed by atoms with van der Waals surface area (Å²) in [6, 6.07) is 15.3. The monoisotopic (exact) mass is 382 g/mol. The molecule has 1 aliphatic rings. The number of amides is 1. The van der Waals surface area contributed by atoms with Gasteiger partial charge >= 0.3 is 5.97 Å². The quantitative estimate of drug-likeness (QED) is 0.778. The number of hydrogen-bond acceptors (Lipinski definition) is 5. The Kier molecular flexibility index (Phi) is 6.66. The fourth-order valence-electron chi connectivity index (χ4n) is 2.99. The molecule has 6 heteroatoms. The molecule has 0 saturated carbocycles. The number of anilines is 2. The largest absolute Gasteiger partial charge is 0.452 e. The van der Waals surface area contributed by atoms with Crippen LogP contribution in [0, 0.1) is 6.92 Å². The van der Waals surface area contributed by atoms with E-state index in [2.05, 4.69) is 10.2 Å². The molecule has 148 valence electrons. The normalized spacial score (nSPS) is 15.0. The topological polar surface area (TPSA) is 67.9 Å². The number of benzene rings is 2. The molecule has 28 heavy (non-hydrogen) atoms.